The van der Waals surface area contributed by atoms with Crippen molar-refractivity contribution in [3.63, 3.8) is 0 Å². The molecular formula is C25H30N2O7. The highest BCUT2D eigenvalue weighted by atomic mass is 16.5. The van der Waals surface area contributed by atoms with Gasteiger partial charge in [-0.25, -0.2) is 9.59 Å². The van der Waals surface area contributed by atoms with E-state index < -0.39 is 24.5 Å². The van der Waals surface area contributed by atoms with Crippen molar-refractivity contribution >= 4 is 17.9 Å². The third-order valence-corrected chi connectivity index (χ3v) is 5.11. The topological polar surface area (TPSA) is 112 Å². The normalized spacial score (nSPS) is 13.1. The molecule has 34 heavy (non-hydrogen) atoms. The lowest BCUT2D eigenvalue weighted by molar-refractivity contribution is -0.123. The second kappa shape index (κ2) is 13.1. The van der Waals surface area contributed by atoms with Crippen molar-refractivity contribution < 1.29 is 33.3 Å². The molecule has 0 aliphatic heterocycles. The number of hydrogen-bond donors (Lipinski definition) is 2. The van der Waals surface area contributed by atoms with E-state index in [1.54, 1.807) is 6.07 Å². The van der Waals surface area contributed by atoms with Gasteiger partial charge in [-0.1, -0.05) is 31.0 Å². The van der Waals surface area contributed by atoms with Crippen LogP contribution in [0.4, 0.5) is 4.79 Å². The summed E-state index contributed by atoms with van der Waals surface area (Å²) < 4.78 is 21.9. The van der Waals surface area contributed by atoms with Gasteiger partial charge in [-0.15, -0.1) is 0 Å². The van der Waals surface area contributed by atoms with Gasteiger partial charge < -0.3 is 24.3 Å². The Morgan fingerprint density at radius 2 is 1.65 bits per heavy atom. The molecule has 9 heteroatoms. The van der Waals surface area contributed by atoms with Crippen LogP contribution in [0.15, 0.2) is 48.5 Å². The van der Waals surface area contributed by atoms with Crippen molar-refractivity contribution in [1.29, 1.82) is 0 Å². The quantitative estimate of drug-likeness (QED) is 0.382. The fraction of sp³-hybridized carbons (Fsp3) is 0.400. The Balaban J connectivity index is 1.46. The number of hydrogen-bond acceptors (Lipinski definition) is 7. The molecular weight excluding hydrogens is 440 g/mol. The first-order chi connectivity index (χ1) is 16.5. The van der Waals surface area contributed by atoms with Gasteiger partial charge in [0.2, 0.25) is 0 Å². The Bertz CT molecular complexity index is 959. The highest BCUT2D eigenvalue weighted by Crippen LogP contribution is 2.29. The van der Waals surface area contributed by atoms with E-state index in [-0.39, 0.29) is 18.2 Å². The third-order valence-electron chi connectivity index (χ3n) is 5.11. The second-order valence-electron chi connectivity index (χ2n) is 7.68. The maximum atomic E-state index is 12.4. The molecule has 0 bridgehead atoms. The standard InChI is InChI=1S/C25H30N2O7/c1-2-31-22-16-18(12-13-21(22)33-15-14-32-20-10-4-3-5-11-20)24(29)34-17-23(28)27-25(30)26-19-8-6-7-9-19/h3-5,10-13,16,19H,2,6-9,14-15,17H2,1H3,(H2,26,27,28,30). The fourth-order valence-corrected chi connectivity index (χ4v) is 3.52. The number of carbonyl (C=O) groups is 3. The van der Waals surface area contributed by atoms with Gasteiger partial charge in [0.1, 0.15) is 19.0 Å². The maximum Gasteiger partial charge on any atom is 0.338 e. The summed E-state index contributed by atoms with van der Waals surface area (Å²) in [6.45, 7) is 2.22. The van der Waals surface area contributed by atoms with E-state index in [1.165, 1.54) is 12.1 Å². The summed E-state index contributed by atoms with van der Waals surface area (Å²) in [7, 11) is 0. The molecule has 9 nitrogen and oxygen atoms in total. The Kier molecular flexibility index (Phi) is 9.57. The summed E-state index contributed by atoms with van der Waals surface area (Å²) in [4.78, 5) is 36.2. The molecule has 1 fully saturated rings. The number of carbonyl (C=O) groups excluding carboxylic acids is 3. The summed E-state index contributed by atoms with van der Waals surface area (Å²) >= 11 is 0. The monoisotopic (exact) mass is 470 g/mol. The van der Waals surface area contributed by atoms with Crippen LogP contribution in [0, 0.1) is 0 Å². The summed E-state index contributed by atoms with van der Waals surface area (Å²) in [6, 6.07) is 13.5. The van der Waals surface area contributed by atoms with E-state index in [0.29, 0.717) is 24.7 Å². The summed E-state index contributed by atoms with van der Waals surface area (Å²) in [6.07, 6.45) is 3.92. The van der Waals surface area contributed by atoms with Crippen LogP contribution in [-0.4, -0.2) is 50.4 Å². The zero-order valence-corrected chi connectivity index (χ0v) is 19.2. The van der Waals surface area contributed by atoms with E-state index >= 15 is 0 Å². The molecule has 0 aromatic heterocycles. The molecule has 3 amide bonds. The van der Waals surface area contributed by atoms with Crippen molar-refractivity contribution in [1.82, 2.24) is 10.6 Å². The molecule has 2 aromatic carbocycles. The van der Waals surface area contributed by atoms with Crippen LogP contribution >= 0.6 is 0 Å². The molecule has 182 valence electrons. The van der Waals surface area contributed by atoms with Crippen LogP contribution in [0.2, 0.25) is 0 Å². The molecule has 1 saturated carbocycles. The lowest BCUT2D eigenvalue weighted by atomic mass is 10.2. The molecule has 0 radical (unpaired) electrons. The molecule has 2 N–H and O–H groups in total. The van der Waals surface area contributed by atoms with Gasteiger partial charge in [-0.3, -0.25) is 10.1 Å². The smallest absolute Gasteiger partial charge is 0.338 e. The first-order valence-corrected chi connectivity index (χ1v) is 11.4. The van der Waals surface area contributed by atoms with Gasteiger partial charge in [0.15, 0.2) is 18.1 Å². The number of nitrogens with one attached hydrogen (secondary N) is 2. The predicted octanol–water partition coefficient (Wildman–Crippen LogP) is 3.47. The molecule has 0 saturated heterocycles. The molecule has 1 aliphatic carbocycles. The Labute approximate surface area is 198 Å². The van der Waals surface area contributed by atoms with E-state index in [0.717, 1.165) is 31.4 Å². The minimum Gasteiger partial charge on any atom is -0.490 e. The Morgan fingerprint density at radius 1 is 0.912 bits per heavy atom. The van der Waals surface area contributed by atoms with Crippen molar-refractivity contribution in [2.75, 3.05) is 26.4 Å². The van der Waals surface area contributed by atoms with Gasteiger partial charge in [0, 0.05) is 6.04 Å². The highest BCUT2D eigenvalue weighted by Gasteiger charge is 2.19. The highest BCUT2D eigenvalue weighted by molar-refractivity contribution is 5.97. The molecule has 0 heterocycles. The number of imide groups is 1. The fourth-order valence-electron chi connectivity index (χ4n) is 3.52. The van der Waals surface area contributed by atoms with Gasteiger partial charge in [-0.2, -0.15) is 0 Å². The summed E-state index contributed by atoms with van der Waals surface area (Å²) in [5.41, 5.74) is 0.194. The largest absolute Gasteiger partial charge is 0.490 e. The minimum absolute atomic E-state index is 0.0815. The lowest BCUT2D eigenvalue weighted by Crippen LogP contribution is -2.44. The average Bonchev–Trinajstić information content (AvgIpc) is 3.34. The van der Waals surface area contributed by atoms with Crippen molar-refractivity contribution in [2.45, 2.75) is 38.6 Å². The van der Waals surface area contributed by atoms with Crippen LogP contribution < -0.4 is 24.8 Å². The Hall–Kier alpha value is -3.75. The van der Waals surface area contributed by atoms with Gasteiger partial charge in [0.05, 0.1) is 12.2 Å². The lowest BCUT2D eigenvalue weighted by Gasteiger charge is -2.14. The second-order valence-corrected chi connectivity index (χ2v) is 7.68. The molecule has 0 spiro atoms. The minimum atomic E-state index is -0.716. The number of para-hydroxylation sites is 1. The van der Waals surface area contributed by atoms with Crippen molar-refractivity contribution in [3.05, 3.63) is 54.1 Å². The molecule has 3 rings (SSSR count). The number of esters is 1. The number of amides is 3. The summed E-state index contributed by atoms with van der Waals surface area (Å²) in [5, 5.41) is 4.91. The molecule has 0 atom stereocenters. The van der Waals surface area contributed by atoms with E-state index in [1.807, 2.05) is 37.3 Å². The van der Waals surface area contributed by atoms with E-state index in [4.69, 9.17) is 18.9 Å². The Morgan fingerprint density at radius 3 is 2.38 bits per heavy atom. The third kappa shape index (κ3) is 7.99. The number of urea groups is 1. The zero-order valence-electron chi connectivity index (χ0n) is 19.2. The maximum absolute atomic E-state index is 12.4. The van der Waals surface area contributed by atoms with E-state index in [2.05, 4.69) is 10.6 Å². The number of benzene rings is 2. The molecule has 1 aliphatic rings. The zero-order chi connectivity index (χ0) is 24.2. The molecule has 0 unspecified atom stereocenters. The average molecular weight is 471 g/mol. The predicted molar refractivity (Wildman–Crippen MR) is 124 cm³/mol. The summed E-state index contributed by atoms with van der Waals surface area (Å²) in [5.74, 6) is 0.154. The van der Waals surface area contributed by atoms with Crippen LogP contribution in [0.1, 0.15) is 43.0 Å². The first-order valence-electron chi connectivity index (χ1n) is 11.4. The van der Waals surface area contributed by atoms with Gasteiger partial charge in [-0.05, 0) is 50.1 Å². The van der Waals surface area contributed by atoms with Crippen LogP contribution in [-0.2, 0) is 9.53 Å². The van der Waals surface area contributed by atoms with Crippen LogP contribution in [0.3, 0.4) is 0 Å². The van der Waals surface area contributed by atoms with Crippen LogP contribution in [0.25, 0.3) is 0 Å². The van der Waals surface area contributed by atoms with Gasteiger partial charge >= 0.3 is 12.0 Å². The van der Waals surface area contributed by atoms with Crippen LogP contribution in [0.5, 0.6) is 17.2 Å². The van der Waals surface area contributed by atoms with Crippen molar-refractivity contribution in [3.8, 4) is 17.2 Å². The number of ether oxygens (including phenoxy) is 4. The number of rotatable bonds is 11. The first kappa shape index (κ1) is 24.9. The SMILES string of the molecule is CCOc1cc(C(=O)OCC(=O)NC(=O)NC2CCCC2)ccc1OCCOc1ccccc1. The van der Waals surface area contributed by atoms with E-state index in [9.17, 15) is 14.4 Å². The van der Waals surface area contributed by atoms with Crippen molar-refractivity contribution in [2.24, 2.45) is 0 Å². The van der Waals surface area contributed by atoms with Gasteiger partial charge in [0.25, 0.3) is 5.91 Å². The molecule has 2 aromatic rings.